The molecule has 0 nitrogen and oxygen atoms in total. The van der Waals surface area contributed by atoms with E-state index in [1.54, 1.807) is 0 Å². The van der Waals surface area contributed by atoms with E-state index >= 15 is 0 Å². The summed E-state index contributed by atoms with van der Waals surface area (Å²) < 4.78 is 0. The molecule has 0 saturated heterocycles. The minimum absolute atomic E-state index is 0.721. The third-order valence-electron chi connectivity index (χ3n) is 6.48. The Kier molecular flexibility index (Phi) is 24.9. The van der Waals surface area contributed by atoms with Crippen LogP contribution in [0, 0.1) is 0 Å². The quantitative estimate of drug-likeness (QED) is 0.106. The van der Waals surface area contributed by atoms with E-state index in [2.05, 4.69) is 27.7 Å². The number of hydrogen-bond donors (Lipinski definition) is 0. The molecule has 1 atom stereocenters. The van der Waals surface area contributed by atoms with Crippen LogP contribution >= 0.6 is 0 Å². The lowest BCUT2D eigenvalue weighted by Gasteiger charge is -2.19. The van der Waals surface area contributed by atoms with Gasteiger partial charge >= 0.3 is 0 Å². The molecule has 0 heterocycles. The van der Waals surface area contributed by atoms with Crippen LogP contribution in [0.5, 0.6) is 0 Å². The predicted octanol–water partition coefficient (Wildman–Crippen LogP) is 10.2. The van der Waals surface area contributed by atoms with Crippen molar-refractivity contribution in [2.45, 2.75) is 168 Å². The third kappa shape index (κ3) is 20.0. The Balaban J connectivity index is 3.69. The Labute approximate surface area is 190 Å². The van der Waals surface area contributed by atoms with Crippen LogP contribution < -0.4 is 0 Å². The molecular weight excluding hydrogens is 368 g/mol. The lowest BCUT2D eigenvalue weighted by atomic mass is 10.0. The molecule has 176 valence electrons. The largest absolute Gasteiger partial charge is 0.118 e. The average molecular weight is 428 g/mol. The molecule has 0 N–H and O–H groups in total. The van der Waals surface area contributed by atoms with Crippen molar-refractivity contribution < 1.29 is 0 Å². The summed E-state index contributed by atoms with van der Waals surface area (Å²) in [6.45, 7) is 9.44. The Morgan fingerprint density at radius 2 is 0.759 bits per heavy atom. The van der Waals surface area contributed by atoms with E-state index < -0.39 is 0 Å². The average Bonchev–Trinajstić information content (AvgIpc) is 2.73. The van der Waals surface area contributed by atoms with Crippen LogP contribution in [0.15, 0.2) is 0 Å². The van der Waals surface area contributed by atoms with Gasteiger partial charge in [-0.1, -0.05) is 130 Å². The minimum Gasteiger partial charge on any atom is -0.0654 e. The van der Waals surface area contributed by atoms with Crippen LogP contribution in [0.3, 0.4) is 0 Å². The predicted molar refractivity (Wildman–Crippen MR) is 141 cm³/mol. The monoisotopic (exact) mass is 427 g/mol. The molecular formula is C28H59S+. The van der Waals surface area contributed by atoms with Gasteiger partial charge in [0.2, 0.25) is 0 Å². The molecule has 0 aromatic carbocycles. The summed E-state index contributed by atoms with van der Waals surface area (Å²) in [4.78, 5) is 0. The van der Waals surface area contributed by atoms with Gasteiger partial charge in [-0.2, -0.15) is 0 Å². The summed E-state index contributed by atoms with van der Waals surface area (Å²) in [7, 11) is 0.721. The molecule has 0 radical (unpaired) electrons. The van der Waals surface area contributed by atoms with E-state index in [1.807, 2.05) is 0 Å². The van der Waals surface area contributed by atoms with Gasteiger partial charge in [0.15, 0.2) is 0 Å². The summed E-state index contributed by atoms with van der Waals surface area (Å²) in [5, 5.41) is 1.05. The highest BCUT2D eigenvalue weighted by Gasteiger charge is 2.28. The van der Waals surface area contributed by atoms with Crippen molar-refractivity contribution in [2.75, 3.05) is 11.5 Å². The first-order valence-corrected chi connectivity index (χ1v) is 15.6. The van der Waals surface area contributed by atoms with Gasteiger partial charge in [-0.25, -0.2) is 0 Å². The van der Waals surface area contributed by atoms with Gasteiger partial charge in [0, 0.05) is 0 Å². The van der Waals surface area contributed by atoms with Crippen LogP contribution in [0.2, 0.25) is 0 Å². The summed E-state index contributed by atoms with van der Waals surface area (Å²) in [6, 6.07) is 0. The molecule has 0 bridgehead atoms. The fourth-order valence-corrected chi connectivity index (χ4v) is 7.72. The molecule has 0 amide bonds. The molecule has 0 aliphatic carbocycles. The van der Waals surface area contributed by atoms with Crippen molar-refractivity contribution in [3.63, 3.8) is 0 Å². The van der Waals surface area contributed by atoms with Gasteiger partial charge in [-0.3, -0.25) is 0 Å². The van der Waals surface area contributed by atoms with Gasteiger partial charge in [-0.15, -0.1) is 0 Å². The second-order valence-corrected chi connectivity index (χ2v) is 12.0. The molecule has 1 heteroatoms. The van der Waals surface area contributed by atoms with Crippen LogP contribution in [0.1, 0.15) is 163 Å². The molecule has 0 aromatic heterocycles. The second-order valence-electron chi connectivity index (χ2n) is 9.45. The Morgan fingerprint density at radius 1 is 0.379 bits per heavy atom. The van der Waals surface area contributed by atoms with Crippen molar-refractivity contribution in [1.29, 1.82) is 0 Å². The molecule has 0 aliphatic rings. The second kappa shape index (κ2) is 24.6. The lowest BCUT2D eigenvalue weighted by Crippen LogP contribution is -2.27. The maximum absolute atomic E-state index is 2.40. The van der Waals surface area contributed by atoms with Crippen molar-refractivity contribution in [3.05, 3.63) is 0 Å². The number of rotatable bonds is 24. The first kappa shape index (κ1) is 29.4. The van der Waals surface area contributed by atoms with Crippen LogP contribution in [-0.2, 0) is 10.9 Å². The van der Waals surface area contributed by atoms with Crippen molar-refractivity contribution >= 4 is 10.9 Å². The highest BCUT2D eigenvalue weighted by Crippen LogP contribution is 2.23. The smallest absolute Gasteiger partial charge is 0.0654 e. The molecule has 0 fully saturated rings. The van der Waals surface area contributed by atoms with E-state index in [1.165, 1.54) is 146 Å². The normalized spacial score (nSPS) is 12.7. The first-order valence-electron chi connectivity index (χ1n) is 14.0. The Hall–Kier alpha value is 0.350. The minimum atomic E-state index is 0.721. The first-order chi connectivity index (χ1) is 14.3. The van der Waals surface area contributed by atoms with Gasteiger partial charge in [0.25, 0.3) is 0 Å². The zero-order chi connectivity index (χ0) is 21.4. The van der Waals surface area contributed by atoms with E-state index in [0.717, 1.165) is 16.1 Å². The van der Waals surface area contributed by atoms with Crippen LogP contribution in [0.4, 0.5) is 0 Å². The number of hydrogen-bond acceptors (Lipinski definition) is 0. The molecule has 29 heavy (non-hydrogen) atoms. The zero-order valence-corrected chi connectivity index (χ0v) is 22.1. The van der Waals surface area contributed by atoms with E-state index in [-0.39, 0.29) is 0 Å². The van der Waals surface area contributed by atoms with E-state index in [0.29, 0.717) is 0 Å². The van der Waals surface area contributed by atoms with E-state index in [9.17, 15) is 0 Å². The van der Waals surface area contributed by atoms with Crippen molar-refractivity contribution in [1.82, 2.24) is 0 Å². The summed E-state index contributed by atoms with van der Waals surface area (Å²) >= 11 is 0. The topological polar surface area (TPSA) is 0 Å². The summed E-state index contributed by atoms with van der Waals surface area (Å²) in [6.07, 6.45) is 30.8. The standard InChI is InChI=1S/C28H59S/c1-5-9-12-13-14-15-16-17-18-19-20-21-22-23-25-28(24-8-4)29(26-10-6-2)27-11-7-3/h28H,5-27H2,1-4H3/q+1. The Bertz CT molecular complexity index is 280. The molecule has 0 aromatic rings. The van der Waals surface area contributed by atoms with Crippen LogP contribution in [0.25, 0.3) is 0 Å². The molecule has 0 spiro atoms. The fourth-order valence-electron chi connectivity index (χ4n) is 4.46. The van der Waals surface area contributed by atoms with Crippen molar-refractivity contribution in [3.8, 4) is 0 Å². The Morgan fingerprint density at radius 3 is 1.14 bits per heavy atom. The fraction of sp³-hybridized carbons (Fsp3) is 1.00. The lowest BCUT2D eigenvalue weighted by molar-refractivity contribution is 0.528. The third-order valence-corrected chi connectivity index (χ3v) is 9.52. The maximum Gasteiger partial charge on any atom is 0.118 e. The van der Waals surface area contributed by atoms with E-state index in [4.69, 9.17) is 0 Å². The van der Waals surface area contributed by atoms with Crippen molar-refractivity contribution in [2.24, 2.45) is 0 Å². The highest BCUT2D eigenvalue weighted by atomic mass is 32.2. The van der Waals surface area contributed by atoms with Gasteiger partial charge in [0.1, 0.15) is 16.8 Å². The van der Waals surface area contributed by atoms with Gasteiger partial charge < -0.3 is 0 Å². The molecule has 0 saturated carbocycles. The maximum atomic E-state index is 2.40. The molecule has 0 rings (SSSR count). The SMILES string of the molecule is CCCCCCCCCCCCCCCCC(CCC)[S+](CCCC)CCCC. The summed E-state index contributed by atoms with van der Waals surface area (Å²) in [5.74, 6) is 3.06. The molecule has 0 aliphatic heterocycles. The van der Waals surface area contributed by atoms with Crippen LogP contribution in [-0.4, -0.2) is 16.8 Å². The summed E-state index contributed by atoms with van der Waals surface area (Å²) in [5.41, 5.74) is 0. The highest BCUT2D eigenvalue weighted by molar-refractivity contribution is 7.97. The number of unbranched alkanes of at least 4 members (excludes halogenated alkanes) is 15. The molecule has 1 unspecified atom stereocenters. The van der Waals surface area contributed by atoms with Gasteiger partial charge in [-0.05, 0) is 43.0 Å². The van der Waals surface area contributed by atoms with Gasteiger partial charge in [0.05, 0.1) is 0 Å². The zero-order valence-electron chi connectivity index (χ0n) is 21.2.